The zero-order valence-electron chi connectivity index (χ0n) is 12.5. The van der Waals surface area contributed by atoms with E-state index in [-0.39, 0.29) is 36.4 Å². The average molecular weight is 279 g/mol. The lowest BCUT2D eigenvalue weighted by Gasteiger charge is -2.38. The second kappa shape index (κ2) is 5.35. The Hall–Kier alpha value is -1.10. The van der Waals surface area contributed by atoms with Crippen molar-refractivity contribution in [1.82, 2.24) is 15.1 Å². The molecule has 2 aliphatic heterocycles. The maximum Gasteiger partial charge on any atom is 0.246 e. The van der Waals surface area contributed by atoms with Crippen molar-refractivity contribution in [1.29, 1.82) is 0 Å². The van der Waals surface area contributed by atoms with Gasteiger partial charge < -0.3 is 10.2 Å². The number of nitrogens with one attached hydrogen (secondary N) is 1. The molecule has 1 N–H and O–H groups in total. The van der Waals surface area contributed by atoms with Crippen LogP contribution in [0.25, 0.3) is 0 Å². The molecule has 3 atom stereocenters. The van der Waals surface area contributed by atoms with Crippen molar-refractivity contribution in [3.05, 3.63) is 0 Å². The zero-order chi connectivity index (χ0) is 14.3. The van der Waals surface area contributed by atoms with Crippen molar-refractivity contribution in [3.8, 4) is 0 Å². The number of carbonyl (C=O) groups is 2. The first-order valence-corrected chi connectivity index (χ1v) is 7.94. The SMILES string of the molecule is CCC(C)C1NC(=O)CN(C2CCN(C3CC3)C2)C1=O. The number of piperazine rings is 1. The Morgan fingerprint density at radius 1 is 1.25 bits per heavy atom. The third-order valence-electron chi connectivity index (χ3n) is 5.09. The Morgan fingerprint density at radius 3 is 2.65 bits per heavy atom. The number of carbonyl (C=O) groups excluding carboxylic acids is 2. The van der Waals surface area contributed by atoms with Crippen LogP contribution in [0.2, 0.25) is 0 Å². The summed E-state index contributed by atoms with van der Waals surface area (Å²) in [5.74, 6) is 0.330. The predicted octanol–water partition coefficient (Wildman–Crippen LogP) is 0.596. The first-order valence-electron chi connectivity index (χ1n) is 7.94. The van der Waals surface area contributed by atoms with Crippen LogP contribution in [-0.4, -0.2) is 59.4 Å². The fraction of sp³-hybridized carbons (Fsp3) is 0.867. The maximum absolute atomic E-state index is 12.6. The molecule has 0 aromatic rings. The van der Waals surface area contributed by atoms with Crippen molar-refractivity contribution < 1.29 is 9.59 Å². The minimum absolute atomic E-state index is 0.000211. The highest BCUT2D eigenvalue weighted by molar-refractivity contribution is 5.95. The number of rotatable bonds is 4. The standard InChI is InChI=1S/C15H25N3O2/c1-3-10(2)14-15(20)18(9-13(19)16-14)12-6-7-17(8-12)11-4-5-11/h10-12,14H,3-9H2,1-2H3,(H,16,19). The predicted molar refractivity (Wildman–Crippen MR) is 76.1 cm³/mol. The number of hydrogen-bond acceptors (Lipinski definition) is 3. The van der Waals surface area contributed by atoms with Gasteiger partial charge in [0.05, 0.1) is 6.54 Å². The van der Waals surface area contributed by atoms with Gasteiger partial charge in [-0.15, -0.1) is 0 Å². The van der Waals surface area contributed by atoms with Gasteiger partial charge in [0.25, 0.3) is 0 Å². The van der Waals surface area contributed by atoms with Gasteiger partial charge in [0.2, 0.25) is 11.8 Å². The lowest BCUT2D eigenvalue weighted by atomic mass is 9.95. The monoisotopic (exact) mass is 279 g/mol. The normalized spacial score (nSPS) is 33.4. The van der Waals surface area contributed by atoms with Crippen molar-refractivity contribution in [2.24, 2.45) is 5.92 Å². The molecule has 5 heteroatoms. The molecule has 5 nitrogen and oxygen atoms in total. The molecule has 3 fully saturated rings. The second-order valence-corrected chi connectivity index (χ2v) is 6.57. The lowest BCUT2D eigenvalue weighted by molar-refractivity contribution is -0.147. The summed E-state index contributed by atoms with van der Waals surface area (Å²) in [6, 6.07) is 0.663. The van der Waals surface area contributed by atoms with E-state index in [1.54, 1.807) is 0 Å². The van der Waals surface area contributed by atoms with E-state index in [2.05, 4.69) is 17.1 Å². The summed E-state index contributed by atoms with van der Waals surface area (Å²) in [7, 11) is 0. The molecule has 20 heavy (non-hydrogen) atoms. The number of nitrogens with zero attached hydrogens (tertiary/aromatic N) is 2. The highest BCUT2D eigenvalue weighted by atomic mass is 16.2. The van der Waals surface area contributed by atoms with Crippen LogP contribution in [0.4, 0.5) is 0 Å². The minimum atomic E-state index is -0.323. The molecule has 3 rings (SSSR count). The van der Waals surface area contributed by atoms with Crippen molar-refractivity contribution in [3.63, 3.8) is 0 Å². The van der Waals surface area contributed by atoms with Gasteiger partial charge in [-0.3, -0.25) is 14.5 Å². The van der Waals surface area contributed by atoms with Crippen molar-refractivity contribution in [2.75, 3.05) is 19.6 Å². The summed E-state index contributed by atoms with van der Waals surface area (Å²) < 4.78 is 0. The molecule has 3 aliphatic rings. The molecule has 0 radical (unpaired) electrons. The van der Waals surface area contributed by atoms with Crippen LogP contribution in [0.1, 0.15) is 39.5 Å². The number of hydrogen-bond donors (Lipinski definition) is 1. The molecule has 2 heterocycles. The van der Waals surface area contributed by atoms with E-state index in [1.807, 2.05) is 11.8 Å². The average Bonchev–Trinajstić information content (AvgIpc) is 3.18. The molecule has 0 aromatic carbocycles. The highest BCUT2D eigenvalue weighted by Crippen LogP contribution is 2.31. The van der Waals surface area contributed by atoms with E-state index < -0.39 is 0 Å². The number of likely N-dealkylation sites (tertiary alicyclic amines) is 1. The van der Waals surface area contributed by atoms with E-state index in [9.17, 15) is 9.59 Å². The smallest absolute Gasteiger partial charge is 0.246 e. The Kier molecular flexibility index (Phi) is 3.71. The molecule has 0 bridgehead atoms. The van der Waals surface area contributed by atoms with Gasteiger partial charge in [-0.1, -0.05) is 20.3 Å². The van der Waals surface area contributed by atoms with Crippen LogP contribution in [0.3, 0.4) is 0 Å². The van der Waals surface area contributed by atoms with Gasteiger partial charge in [-0.25, -0.2) is 0 Å². The van der Waals surface area contributed by atoms with E-state index in [4.69, 9.17) is 0 Å². The minimum Gasteiger partial charge on any atom is -0.342 e. The molecule has 2 amide bonds. The summed E-state index contributed by atoms with van der Waals surface area (Å²) >= 11 is 0. The van der Waals surface area contributed by atoms with E-state index in [1.165, 1.54) is 12.8 Å². The molecular weight excluding hydrogens is 254 g/mol. The first-order chi connectivity index (χ1) is 9.60. The van der Waals surface area contributed by atoms with Crippen LogP contribution in [0.5, 0.6) is 0 Å². The van der Waals surface area contributed by atoms with Crippen LogP contribution in [0.15, 0.2) is 0 Å². The molecule has 1 aliphatic carbocycles. The van der Waals surface area contributed by atoms with Gasteiger partial charge in [-0.2, -0.15) is 0 Å². The molecule has 3 unspecified atom stereocenters. The first kappa shape index (κ1) is 13.9. The zero-order valence-corrected chi connectivity index (χ0v) is 12.5. The largest absolute Gasteiger partial charge is 0.342 e. The Morgan fingerprint density at radius 2 is 2.00 bits per heavy atom. The third kappa shape index (κ3) is 2.55. The summed E-state index contributed by atoms with van der Waals surface area (Å²) in [6.45, 7) is 6.38. The van der Waals surface area contributed by atoms with Crippen LogP contribution >= 0.6 is 0 Å². The third-order valence-corrected chi connectivity index (χ3v) is 5.09. The Bertz CT molecular complexity index is 408. The summed E-state index contributed by atoms with van der Waals surface area (Å²) in [5, 5.41) is 2.87. The molecule has 112 valence electrons. The van der Waals surface area contributed by atoms with Gasteiger partial charge in [0, 0.05) is 25.2 Å². The summed E-state index contributed by atoms with van der Waals surface area (Å²) in [4.78, 5) is 28.9. The quantitative estimate of drug-likeness (QED) is 0.820. The van der Waals surface area contributed by atoms with Crippen LogP contribution < -0.4 is 5.32 Å². The Balaban J connectivity index is 1.68. The fourth-order valence-corrected chi connectivity index (χ4v) is 3.42. The molecule has 1 saturated carbocycles. The molecular formula is C15H25N3O2. The topological polar surface area (TPSA) is 52.7 Å². The molecule has 0 aromatic heterocycles. The summed E-state index contributed by atoms with van der Waals surface area (Å²) in [5.41, 5.74) is 0. The molecule has 2 saturated heterocycles. The van der Waals surface area contributed by atoms with Gasteiger partial charge in [-0.05, 0) is 25.2 Å². The van der Waals surface area contributed by atoms with E-state index >= 15 is 0 Å². The lowest BCUT2D eigenvalue weighted by Crippen LogP contribution is -2.62. The van der Waals surface area contributed by atoms with Crippen molar-refractivity contribution >= 4 is 11.8 Å². The summed E-state index contributed by atoms with van der Waals surface area (Å²) in [6.07, 6.45) is 4.53. The van der Waals surface area contributed by atoms with Crippen LogP contribution in [-0.2, 0) is 9.59 Å². The van der Waals surface area contributed by atoms with Crippen LogP contribution in [0, 0.1) is 5.92 Å². The van der Waals surface area contributed by atoms with Gasteiger partial charge in [0.15, 0.2) is 0 Å². The second-order valence-electron chi connectivity index (χ2n) is 6.57. The maximum atomic E-state index is 12.6. The van der Waals surface area contributed by atoms with Gasteiger partial charge in [0.1, 0.15) is 6.04 Å². The molecule has 0 spiro atoms. The van der Waals surface area contributed by atoms with E-state index in [0.717, 1.165) is 32.0 Å². The van der Waals surface area contributed by atoms with E-state index in [0.29, 0.717) is 0 Å². The number of amides is 2. The fourth-order valence-electron chi connectivity index (χ4n) is 3.42. The highest BCUT2D eigenvalue weighted by Gasteiger charge is 2.42. The van der Waals surface area contributed by atoms with Crippen molar-refractivity contribution in [2.45, 2.75) is 57.7 Å². The van der Waals surface area contributed by atoms with Gasteiger partial charge >= 0.3 is 0 Å². The Labute approximate surface area is 120 Å².